The second kappa shape index (κ2) is 12.6. The molecule has 0 amide bonds. The van der Waals surface area contributed by atoms with Crippen LogP contribution >= 0.6 is 0 Å². The van der Waals surface area contributed by atoms with Crippen LogP contribution in [-0.4, -0.2) is 31.5 Å². The van der Waals surface area contributed by atoms with Gasteiger partial charge in [0.05, 0.1) is 0 Å². The molecule has 2 aliphatic heterocycles. The zero-order chi connectivity index (χ0) is 10.6. The molecule has 0 aromatic carbocycles. The molecule has 2 atom stereocenters. The second-order valence-electron chi connectivity index (χ2n) is 3.37. The van der Waals surface area contributed by atoms with Crippen LogP contribution in [0.1, 0.15) is 27.7 Å². The first-order valence-corrected chi connectivity index (χ1v) is 9.18. The molecule has 0 radical (unpaired) electrons. The minimum absolute atomic E-state index is 0. The Balaban J connectivity index is -0.000000196. The maximum absolute atomic E-state index is 3.18. The molecule has 0 aromatic heterocycles. The molecule has 0 fully saturated rings. The molecule has 2 rings (SSSR count). The minimum Gasteiger partial charge on any atom is -1.00 e. The van der Waals surface area contributed by atoms with E-state index in [0.29, 0.717) is 0 Å². The summed E-state index contributed by atoms with van der Waals surface area (Å²) in [5.41, 5.74) is 2.75. The van der Waals surface area contributed by atoms with Crippen LogP contribution in [0, 0.1) is 12.2 Å². The third kappa shape index (κ3) is 9.13. The Labute approximate surface area is 150 Å². The van der Waals surface area contributed by atoms with Gasteiger partial charge in [0.25, 0.3) is 0 Å². The number of rotatable bonds is 0. The quantitative estimate of drug-likeness (QED) is 0.250. The van der Waals surface area contributed by atoms with Gasteiger partial charge in [0.1, 0.15) is 0 Å². The Bertz CT molecular complexity index is 310. The topological polar surface area (TPSA) is 0 Å². The Morgan fingerprint density at radius 1 is 0.765 bits per heavy atom. The van der Waals surface area contributed by atoms with Crippen molar-refractivity contribution >= 4 is 31.5 Å². The number of hydrogen-bond donors (Lipinski definition) is 0. The van der Waals surface area contributed by atoms with Crippen LogP contribution in [0.3, 0.4) is 0 Å². The molecular formula is C12H16As2Cl2Zr. The Morgan fingerprint density at radius 3 is 1.12 bits per heavy atom. The van der Waals surface area contributed by atoms with E-state index in [2.05, 4.69) is 49.6 Å². The van der Waals surface area contributed by atoms with Crippen molar-refractivity contribution in [1.82, 2.24) is 0 Å². The van der Waals surface area contributed by atoms with E-state index < -0.39 is 0 Å². The fourth-order valence-corrected chi connectivity index (χ4v) is 4.27. The van der Waals surface area contributed by atoms with Gasteiger partial charge in [-0.25, -0.2) is 0 Å². The maximum Gasteiger partial charge on any atom is 4.00 e. The SMILES string of the molecule is CC1=C(C)[AsH]C=[C-]1.CC1=C(C)[AsH]C=[C-]1.[Cl-].[Cl-].[Zr+4]. The van der Waals surface area contributed by atoms with E-state index >= 15 is 0 Å². The van der Waals surface area contributed by atoms with Crippen LogP contribution in [0.25, 0.3) is 0 Å². The van der Waals surface area contributed by atoms with Crippen molar-refractivity contribution < 1.29 is 51.0 Å². The first-order chi connectivity index (χ1) is 6.61. The van der Waals surface area contributed by atoms with Crippen LogP contribution in [-0.2, 0) is 26.2 Å². The number of allylic oxidation sites excluding steroid dienone is 6. The molecule has 5 heteroatoms. The van der Waals surface area contributed by atoms with Crippen LogP contribution in [0.4, 0.5) is 0 Å². The normalized spacial score (nSPS) is 18.6. The van der Waals surface area contributed by atoms with Crippen molar-refractivity contribution in [3.05, 3.63) is 41.7 Å². The molecule has 0 bridgehead atoms. The Kier molecular flexibility index (Phi) is 17.5. The van der Waals surface area contributed by atoms with E-state index in [0.717, 1.165) is 0 Å². The molecule has 2 heterocycles. The van der Waals surface area contributed by atoms with Gasteiger partial charge in [0.2, 0.25) is 0 Å². The largest absolute Gasteiger partial charge is 4.00 e. The van der Waals surface area contributed by atoms with Crippen molar-refractivity contribution in [2.24, 2.45) is 0 Å². The number of halogens is 2. The van der Waals surface area contributed by atoms with E-state index in [-0.39, 0.29) is 82.5 Å². The van der Waals surface area contributed by atoms with Crippen LogP contribution in [0.2, 0.25) is 0 Å². The summed E-state index contributed by atoms with van der Waals surface area (Å²) < 4.78 is 3.17. The first kappa shape index (κ1) is 23.6. The summed E-state index contributed by atoms with van der Waals surface area (Å²) in [7, 11) is 0. The van der Waals surface area contributed by atoms with Gasteiger partial charge in [-0.05, 0) is 0 Å². The maximum atomic E-state index is 3.18. The summed E-state index contributed by atoms with van der Waals surface area (Å²) in [6, 6.07) is 0. The molecule has 2 aliphatic rings. The summed E-state index contributed by atoms with van der Waals surface area (Å²) in [5.74, 6) is 0. The summed E-state index contributed by atoms with van der Waals surface area (Å²) in [5, 5.41) is 0. The molecule has 92 valence electrons. The Hall–Kier alpha value is 1.54. The summed E-state index contributed by atoms with van der Waals surface area (Å²) >= 11 is 0.338. The monoisotopic (exact) mass is 470 g/mol. The first-order valence-electron chi connectivity index (χ1n) is 4.65. The summed E-state index contributed by atoms with van der Waals surface area (Å²) in [6.45, 7) is 8.66. The average Bonchev–Trinajstić information content (AvgIpc) is 2.67. The molecular weight excluding hydrogens is 456 g/mol. The predicted octanol–water partition coefficient (Wildman–Crippen LogP) is -3.90. The fourth-order valence-electron chi connectivity index (χ4n) is 0.938. The van der Waals surface area contributed by atoms with Gasteiger partial charge in [-0.3, -0.25) is 0 Å². The van der Waals surface area contributed by atoms with Crippen LogP contribution in [0.15, 0.2) is 29.6 Å². The van der Waals surface area contributed by atoms with Crippen LogP contribution in [0.5, 0.6) is 0 Å². The van der Waals surface area contributed by atoms with E-state index in [1.165, 1.54) is 11.1 Å². The zero-order valence-corrected chi connectivity index (χ0v) is 18.6. The van der Waals surface area contributed by atoms with Gasteiger partial charge in [-0.15, -0.1) is 0 Å². The van der Waals surface area contributed by atoms with Crippen molar-refractivity contribution in [3.63, 3.8) is 0 Å². The van der Waals surface area contributed by atoms with E-state index in [1.807, 2.05) is 0 Å². The van der Waals surface area contributed by atoms with Crippen molar-refractivity contribution in [1.29, 1.82) is 0 Å². The predicted molar refractivity (Wildman–Crippen MR) is 66.7 cm³/mol. The van der Waals surface area contributed by atoms with Gasteiger partial charge in [-0.1, -0.05) is 0 Å². The molecule has 0 aliphatic carbocycles. The second-order valence-corrected chi connectivity index (χ2v) is 8.94. The van der Waals surface area contributed by atoms with Gasteiger partial charge in [0, 0.05) is 0 Å². The third-order valence-corrected chi connectivity index (χ3v) is 6.88. The average molecular weight is 472 g/mol. The zero-order valence-electron chi connectivity index (χ0n) is 10.4. The minimum atomic E-state index is 0. The van der Waals surface area contributed by atoms with E-state index in [9.17, 15) is 0 Å². The summed E-state index contributed by atoms with van der Waals surface area (Å²) in [4.78, 5) is 4.40. The van der Waals surface area contributed by atoms with E-state index in [4.69, 9.17) is 0 Å². The van der Waals surface area contributed by atoms with Gasteiger partial charge in [-0.2, -0.15) is 0 Å². The van der Waals surface area contributed by atoms with Crippen molar-refractivity contribution in [3.8, 4) is 0 Å². The molecule has 0 saturated heterocycles. The fraction of sp³-hybridized carbons (Fsp3) is 0.333. The van der Waals surface area contributed by atoms with Crippen molar-refractivity contribution in [2.75, 3.05) is 0 Å². The third-order valence-electron chi connectivity index (χ3n) is 2.28. The molecule has 0 nitrogen and oxygen atoms in total. The van der Waals surface area contributed by atoms with Gasteiger partial charge in [0.15, 0.2) is 0 Å². The van der Waals surface area contributed by atoms with Crippen molar-refractivity contribution in [2.45, 2.75) is 27.7 Å². The molecule has 0 N–H and O–H groups in total. The molecule has 0 aromatic rings. The summed E-state index contributed by atoms with van der Waals surface area (Å²) in [6.07, 6.45) is 6.36. The van der Waals surface area contributed by atoms with Crippen LogP contribution < -0.4 is 24.8 Å². The molecule has 2 unspecified atom stereocenters. The van der Waals surface area contributed by atoms with Gasteiger partial charge >= 0.3 is 127 Å². The van der Waals surface area contributed by atoms with E-state index in [1.54, 1.807) is 8.72 Å². The molecule has 17 heavy (non-hydrogen) atoms. The Morgan fingerprint density at radius 2 is 1.06 bits per heavy atom. The smallest absolute Gasteiger partial charge is 1.00 e. The molecule has 0 saturated carbocycles. The number of hydrogen-bond acceptors (Lipinski definition) is 0. The standard InChI is InChI=1S/2C6H8As.2ClH.Zr/c2*1-5-3-4-7-6(5)2;;;/h2*4,7H,1-2H3;2*1H;/q2*-1;;;+4/p-2. The molecule has 0 spiro atoms. The van der Waals surface area contributed by atoms with Gasteiger partial charge < -0.3 is 24.8 Å².